The molecule has 2 aromatic carbocycles. The molecule has 4 heteroatoms. The van der Waals surface area contributed by atoms with Gasteiger partial charge in [-0.15, -0.1) is 0 Å². The summed E-state index contributed by atoms with van der Waals surface area (Å²) in [5.41, 5.74) is 11.9. The van der Waals surface area contributed by atoms with Crippen molar-refractivity contribution in [2.75, 3.05) is 18.1 Å². The van der Waals surface area contributed by atoms with E-state index < -0.39 is 0 Å². The highest BCUT2D eigenvalue weighted by Crippen LogP contribution is 2.30. The fraction of sp³-hybridized carbons (Fsp3) is 0.176. The topological polar surface area (TPSA) is 63.8 Å². The molecule has 0 aliphatic carbocycles. The Kier molecular flexibility index (Phi) is 3.22. The van der Waals surface area contributed by atoms with E-state index in [-0.39, 0.29) is 0 Å². The van der Waals surface area contributed by atoms with Gasteiger partial charge < -0.3 is 11.1 Å². The Bertz CT molecular complexity index is 824. The van der Waals surface area contributed by atoms with Gasteiger partial charge in [-0.3, -0.25) is 0 Å². The Hall–Kier alpha value is -2.62. The second-order valence-electron chi connectivity index (χ2n) is 5.22. The Morgan fingerprint density at radius 1 is 1.00 bits per heavy atom. The van der Waals surface area contributed by atoms with E-state index in [1.807, 2.05) is 31.3 Å². The lowest BCUT2D eigenvalue weighted by molar-refractivity contribution is 1.19. The molecule has 1 aromatic heterocycles. The number of nitrogen functional groups attached to an aromatic ring is 1. The molecule has 0 bridgehead atoms. The highest BCUT2D eigenvalue weighted by atomic mass is 15.1. The lowest BCUT2D eigenvalue weighted by Crippen LogP contribution is -2.00. The number of anilines is 2. The Labute approximate surface area is 124 Å². The molecule has 3 aromatic rings. The van der Waals surface area contributed by atoms with Crippen molar-refractivity contribution in [3.05, 3.63) is 47.5 Å². The molecule has 4 nitrogen and oxygen atoms in total. The van der Waals surface area contributed by atoms with E-state index in [4.69, 9.17) is 5.73 Å². The van der Waals surface area contributed by atoms with Gasteiger partial charge in [-0.1, -0.05) is 12.1 Å². The molecule has 0 amide bonds. The summed E-state index contributed by atoms with van der Waals surface area (Å²) < 4.78 is 0. The summed E-state index contributed by atoms with van der Waals surface area (Å²) in [6.07, 6.45) is 0. The summed E-state index contributed by atoms with van der Waals surface area (Å²) in [6.45, 7) is 4.19. The Balaban J connectivity index is 2.36. The fourth-order valence-corrected chi connectivity index (χ4v) is 2.41. The number of rotatable bonds is 2. The summed E-state index contributed by atoms with van der Waals surface area (Å²) in [4.78, 5) is 9.17. The van der Waals surface area contributed by atoms with Crippen LogP contribution in [0.3, 0.4) is 0 Å². The number of nitrogens with two attached hydrogens (primary N) is 1. The van der Waals surface area contributed by atoms with E-state index in [1.165, 1.54) is 11.1 Å². The van der Waals surface area contributed by atoms with E-state index in [2.05, 4.69) is 41.3 Å². The first-order chi connectivity index (χ1) is 10.1. The maximum absolute atomic E-state index is 5.91. The number of hydrogen-bond donors (Lipinski definition) is 2. The van der Waals surface area contributed by atoms with E-state index >= 15 is 0 Å². The molecule has 0 saturated carbocycles. The minimum absolute atomic E-state index is 0.614. The Morgan fingerprint density at radius 2 is 1.76 bits per heavy atom. The van der Waals surface area contributed by atoms with Crippen LogP contribution < -0.4 is 11.1 Å². The first-order valence-electron chi connectivity index (χ1n) is 6.91. The highest BCUT2D eigenvalue weighted by molar-refractivity contribution is 5.94. The lowest BCUT2D eigenvalue weighted by Gasteiger charge is -2.11. The molecule has 0 aliphatic heterocycles. The lowest BCUT2D eigenvalue weighted by atomic mass is 10.0. The van der Waals surface area contributed by atoms with E-state index in [0.29, 0.717) is 5.95 Å². The standard InChI is InChI=1S/C17H18N4/c1-10-7-14-15(8-11(10)2)20-17(19-3)21-16(14)12-5-4-6-13(18)9-12/h4-9H,18H2,1-3H3,(H,19,20,21). The quantitative estimate of drug-likeness (QED) is 0.704. The summed E-state index contributed by atoms with van der Waals surface area (Å²) in [5, 5.41) is 4.07. The smallest absolute Gasteiger partial charge is 0.223 e. The molecule has 0 fully saturated rings. The van der Waals surface area contributed by atoms with Gasteiger partial charge in [0, 0.05) is 23.7 Å². The number of aromatic nitrogens is 2. The number of aryl methyl sites for hydroxylation is 2. The molecule has 21 heavy (non-hydrogen) atoms. The number of fused-ring (bicyclic) bond motifs is 1. The molecule has 0 saturated heterocycles. The molecular formula is C17H18N4. The third kappa shape index (κ3) is 2.40. The predicted octanol–water partition coefficient (Wildman–Crippen LogP) is 3.54. The minimum Gasteiger partial charge on any atom is -0.399 e. The van der Waals surface area contributed by atoms with E-state index in [1.54, 1.807) is 0 Å². The predicted molar refractivity (Wildman–Crippen MR) is 88.4 cm³/mol. The zero-order chi connectivity index (χ0) is 15.0. The molecule has 3 N–H and O–H groups in total. The van der Waals surface area contributed by atoms with Crippen molar-refractivity contribution in [1.82, 2.24) is 9.97 Å². The molecule has 106 valence electrons. The molecule has 0 radical (unpaired) electrons. The van der Waals surface area contributed by atoms with Crippen LogP contribution in [-0.2, 0) is 0 Å². The maximum Gasteiger partial charge on any atom is 0.223 e. The molecular weight excluding hydrogens is 260 g/mol. The van der Waals surface area contributed by atoms with Crippen LogP contribution in [0.4, 0.5) is 11.6 Å². The Morgan fingerprint density at radius 3 is 2.48 bits per heavy atom. The van der Waals surface area contributed by atoms with Gasteiger partial charge in [-0.2, -0.15) is 0 Å². The van der Waals surface area contributed by atoms with E-state index in [0.717, 1.165) is 27.8 Å². The molecule has 0 aliphatic rings. The van der Waals surface area contributed by atoms with Crippen LogP contribution >= 0.6 is 0 Å². The van der Waals surface area contributed by atoms with Crippen LogP contribution in [0.5, 0.6) is 0 Å². The summed E-state index contributed by atoms with van der Waals surface area (Å²) in [7, 11) is 1.82. The maximum atomic E-state index is 5.91. The number of nitrogens with zero attached hydrogens (tertiary/aromatic N) is 2. The van der Waals surface area contributed by atoms with Crippen molar-refractivity contribution in [1.29, 1.82) is 0 Å². The van der Waals surface area contributed by atoms with Crippen LogP contribution in [0.15, 0.2) is 36.4 Å². The number of benzene rings is 2. The minimum atomic E-state index is 0.614. The van der Waals surface area contributed by atoms with Crippen LogP contribution in [0.2, 0.25) is 0 Å². The molecule has 1 heterocycles. The van der Waals surface area contributed by atoms with Gasteiger partial charge in [0.2, 0.25) is 5.95 Å². The van der Waals surface area contributed by atoms with Crippen molar-refractivity contribution >= 4 is 22.5 Å². The van der Waals surface area contributed by atoms with Gasteiger partial charge in [0.05, 0.1) is 11.2 Å². The number of hydrogen-bond acceptors (Lipinski definition) is 4. The normalized spacial score (nSPS) is 10.8. The van der Waals surface area contributed by atoms with Crippen LogP contribution in [-0.4, -0.2) is 17.0 Å². The van der Waals surface area contributed by atoms with Crippen molar-refractivity contribution in [2.24, 2.45) is 0 Å². The van der Waals surface area contributed by atoms with Crippen molar-refractivity contribution in [3.63, 3.8) is 0 Å². The SMILES string of the molecule is CNc1nc(-c2cccc(N)c2)c2cc(C)c(C)cc2n1. The highest BCUT2D eigenvalue weighted by Gasteiger charge is 2.11. The van der Waals surface area contributed by atoms with Gasteiger partial charge in [-0.25, -0.2) is 9.97 Å². The average Bonchev–Trinajstić information content (AvgIpc) is 2.47. The van der Waals surface area contributed by atoms with E-state index in [9.17, 15) is 0 Å². The molecule has 0 unspecified atom stereocenters. The molecule has 0 spiro atoms. The summed E-state index contributed by atoms with van der Waals surface area (Å²) >= 11 is 0. The van der Waals surface area contributed by atoms with Crippen LogP contribution in [0, 0.1) is 13.8 Å². The zero-order valence-corrected chi connectivity index (χ0v) is 12.4. The monoisotopic (exact) mass is 278 g/mol. The fourth-order valence-electron chi connectivity index (χ4n) is 2.41. The van der Waals surface area contributed by atoms with Gasteiger partial charge in [0.25, 0.3) is 0 Å². The van der Waals surface area contributed by atoms with Gasteiger partial charge >= 0.3 is 0 Å². The van der Waals surface area contributed by atoms with Crippen molar-refractivity contribution < 1.29 is 0 Å². The van der Waals surface area contributed by atoms with Gasteiger partial charge in [0.1, 0.15) is 0 Å². The first kappa shape index (κ1) is 13.4. The summed E-state index contributed by atoms with van der Waals surface area (Å²) in [6, 6.07) is 12.0. The van der Waals surface area contributed by atoms with Crippen LogP contribution in [0.25, 0.3) is 22.2 Å². The summed E-state index contributed by atoms with van der Waals surface area (Å²) in [5.74, 6) is 0.614. The van der Waals surface area contributed by atoms with Crippen molar-refractivity contribution in [2.45, 2.75) is 13.8 Å². The second-order valence-corrected chi connectivity index (χ2v) is 5.22. The second kappa shape index (κ2) is 5.05. The molecule has 0 atom stereocenters. The van der Waals surface area contributed by atoms with Gasteiger partial charge in [0.15, 0.2) is 0 Å². The number of nitrogens with one attached hydrogen (secondary N) is 1. The van der Waals surface area contributed by atoms with Crippen LogP contribution in [0.1, 0.15) is 11.1 Å². The first-order valence-corrected chi connectivity index (χ1v) is 6.91. The van der Waals surface area contributed by atoms with Gasteiger partial charge in [-0.05, 0) is 49.2 Å². The zero-order valence-electron chi connectivity index (χ0n) is 12.4. The molecule has 3 rings (SSSR count). The third-order valence-corrected chi connectivity index (χ3v) is 3.69. The third-order valence-electron chi connectivity index (χ3n) is 3.69. The largest absolute Gasteiger partial charge is 0.399 e. The van der Waals surface area contributed by atoms with Crippen molar-refractivity contribution in [3.8, 4) is 11.3 Å². The average molecular weight is 278 g/mol.